The number of hydrogen-bond donors (Lipinski definition) is 1. The van der Waals surface area contributed by atoms with E-state index in [2.05, 4.69) is 62.3 Å². The van der Waals surface area contributed by atoms with Crippen LogP contribution in [0, 0.1) is 0 Å². The fourth-order valence-electron chi connectivity index (χ4n) is 3.25. The van der Waals surface area contributed by atoms with E-state index in [4.69, 9.17) is 4.74 Å². The van der Waals surface area contributed by atoms with Crippen LogP contribution in [-0.2, 0) is 16.0 Å². The Morgan fingerprint density at radius 2 is 1.92 bits per heavy atom. The summed E-state index contributed by atoms with van der Waals surface area (Å²) in [7, 11) is 0. The molecule has 4 heteroatoms. The molecule has 0 saturated carbocycles. The quantitative estimate of drug-likeness (QED) is 0.804. The summed E-state index contributed by atoms with van der Waals surface area (Å²) in [5.41, 5.74) is 2.03. The number of carbonyl (C=O) groups excluding carboxylic acids is 1. The summed E-state index contributed by atoms with van der Waals surface area (Å²) in [6.45, 7) is 12.9. The number of rotatable bonds is 7. The van der Waals surface area contributed by atoms with Crippen molar-refractivity contribution in [2.75, 3.05) is 6.61 Å². The molecule has 2 rings (SSSR count). The lowest BCUT2D eigenvalue weighted by molar-refractivity contribution is -0.117. The summed E-state index contributed by atoms with van der Waals surface area (Å²) in [4.78, 5) is 16.8. The number of nitrogens with one attached hydrogen (secondary N) is 1. The van der Waals surface area contributed by atoms with Crippen molar-refractivity contribution in [1.82, 2.24) is 5.32 Å². The molecule has 1 heterocycles. The molecule has 0 spiro atoms. The van der Waals surface area contributed by atoms with E-state index in [0.29, 0.717) is 12.5 Å². The molecule has 4 nitrogen and oxygen atoms in total. The number of aliphatic imine (C=N–C) groups is 1. The van der Waals surface area contributed by atoms with Gasteiger partial charge in [-0.3, -0.25) is 4.79 Å². The topological polar surface area (TPSA) is 50.7 Å². The van der Waals surface area contributed by atoms with E-state index in [-0.39, 0.29) is 22.9 Å². The summed E-state index contributed by atoms with van der Waals surface area (Å²) in [5, 5.41) is 3.10. The Hall–Kier alpha value is -1.84. The highest BCUT2D eigenvalue weighted by Crippen LogP contribution is 2.29. The van der Waals surface area contributed by atoms with Gasteiger partial charge < -0.3 is 10.1 Å². The summed E-state index contributed by atoms with van der Waals surface area (Å²) < 4.78 is 5.46. The minimum atomic E-state index is -0.334. The number of nitrogens with zero attached hydrogens (tertiary/aromatic N) is 1. The molecule has 138 valence electrons. The van der Waals surface area contributed by atoms with Gasteiger partial charge in [0.15, 0.2) is 0 Å². The van der Waals surface area contributed by atoms with Crippen LogP contribution in [0.1, 0.15) is 71.4 Å². The second kappa shape index (κ2) is 7.59. The van der Waals surface area contributed by atoms with E-state index >= 15 is 0 Å². The number of benzene rings is 1. The van der Waals surface area contributed by atoms with Crippen LogP contribution < -0.4 is 5.32 Å². The van der Waals surface area contributed by atoms with Crippen LogP contribution in [0.25, 0.3) is 0 Å². The van der Waals surface area contributed by atoms with E-state index in [9.17, 15) is 4.79 Å². The minimum absolute atomic E-state index is 0.207. The predicted molar refractivity (Wildman–Crippen MR) is 103 cm³/mol. The third-order valence-corrected chi connectivity index (χ3v) is 4.72. The van der Waals surface area contributed by atoms with Gasteiger partial charge in [0.05, 0.1) is 5.54 Å². The normalized spacial score (nSPS) is 17.6. The molecule has 25 heavy (non-hydrogen) atoms. The Balaban J connectivity index is 2.03. The molecule has 1 amide bonds. The standard InChI is InChI=1S/C21H32N2O2/c1-7-15-9-11-17(12-10-15)16(8-2)13-20(3,4)22-18(24)19-23-21(5,6)14-25-19/h9-12,16H,7-8,13-14H2,1-6H3,(H,22,24). The highest BCUT2D eigenvalue weighted by Gasteiger charge is 2.33. The Bertz CT molecular complexity index is 630. The van der Waals surface area contributed by atoms with E-state index in [1.165, 1.54) is 11.1 Å². The average Bonchev–Trinajstić information content (AvgIpc) is 2.92. The summed E-state index contributed by atoms with van der Waals surface area (Å²) in [5.74, 6) is 0.397. The van der Waals surface area contributed by atoms with Gasteiger partial charge in [-0.1, -0.05) is 38.1 Å². The maximum atomic E-state index is 12.5. The van der Waals surface area contributed by atoms with Crippen LogP contribution in [-0.4, -0.2) is 29.5 Å². The van der Waals surface area contributed by atoms with Crippen LogP contribution in [0.3, 0.4) is 0 Å². The average molecular weight is 344 g/mol. The van der Waals surface area contributed by atoms with E-state index in [1.54, 1.807) is 0 Å². The molecule has 1 aromatic carbocycles. The molecule has 0 bridgehead atoms. The van der Waals surface area contributed by atoms with Gasteiger partial charge in [-0.2, -0.15) is 0 Å². The van der Waals surface area contributed by atoms with E-state index in [0.717, 1.165) is 19.3 Å². The van der Waals surface area contributed by atoms with E-state index < -0.39 is 0 Å². The second-order valence-corrected chi connectivity index (χ2v) is 8.26. The lowest BCUT2D eigenvalue weighted by Crippen LogP contribution is -2.47. The summed E-state index contributed by atoms with van der Waals surface area (Å²) in [6.07, 6.45) is 2.96. The lowest BCUT2D eigenvalue weighted by atomic mass is 9.84. The van der Waals surface area contributed by atoms with Crippen molar-refractivity contribution in [3.63, 3.8) is 0 Å². The molecule has 1 N–H and O–H groups in total. The third-order valence-electron chi connectivity index (χ3n) is 4.72. The van der Waals surface area contributed by atoms with Crippen molar-refractivity contribution in [2.24, 2.45) is 4.99 Å². The molecule has 1 unspecified atom stereocenters. The number of amides is 1. The zero-order valence-electron chi connectivity index (χ0n) is 16.5. The molecule has 1 aliphatic heterocycles. The predicted octanol–water partition coefficient (Wildman–Crippen LogP) is 4.23. The lowest BCUT2D eigenvalue weighted by Gasteiger charge is -2.30. The Morgan fingerprint density at radius 3 is 2.40 bits per heavy atom. The SMILES string of the molecule is CCc1ccc(C(CC)CC(C)(C)NC(=O)C2=NC(C)(C)CO2)cc1. The largest absolute Gasteiger partial charge is 0.471 e. The number of hydrogen-bond acceptors (Lipinski definition) is 3. The molecule has 0 saturated heterocycles. The van der Waals surface area contributed by atoms with Crippen molar-refractivity contribution in [2.45, 2.75) is 77.8 Å². The first-order chi connectivity index (χ1) is 11.7. The van der Waals surface area contributed by atoms with Crippen LogP contribution in [0.2, 0.25) is 0 Å². The first kappa shape index (κ1) is 19.5. The van der Waals surface area contributed by atoms with Crippen molar-refractivity contribution in [3.8, 4) is 0 Å². The van der Waals surface area contributed by atoms with Crippen molar-refractivity contribution in [1.29, 1.82) is 0 Å². The Morgan fingerprint density at radius 1 is 1.28 bits per heavy atom. The molecule has 1 aromatic rings. The molecule has 0 aliphatic carbocycles. The van der Waals surface area contributed by atoms with Gasteiger partial charge in [-0.05, 0) is 64.0 Å². The third kappa shape index (κ3) is 5.32. The highest BCUT2D eigenvalue weighted by atomic mass is 16.5. The first-order valence-electron chi connectivity index (χ1n) is 9.30. The van der Waals surface area contributed by atoms with Crippen LogP contribution in [0.5, 0.6) is 0 Å². The van der Waals surface area contributed by atoms with Crippen molar-refractivity contribution >= 4 is 11.8 Å². The number of aryl methyl sites for hydroxylation is 1. The molecule has 1 aliphatic rings. The Labute approximate surface area is 152 Å². The first-order valence-corrected chi connectivity index (χ1v) is 9.30. The fraction of sp³-hybridized carbons (Fsp3) is 0.619. The minimum Gasteiger partial charge on any atom is -0.471 e. The number of ether oxygens (including phenoxy) is 1. The molecular formula is C21H32N2O2. The smallest absolute Gasteiger partial charge is 0.306 e. The molecule has 0 fully saturated rings. The van der Waals surface area contributed by atoms with Gasteiger partial charge in [0.1, 0.15) is 6.61 Å². The highest BCUT2D eigenvalue weighted by molar-refractivity contribution is 6.35. The summed E-state index contributed by atoms with van der Waals surface area (Å²) >= 11 is 0. The van der Waals surface area contributed by atoms with Gasteiger partial charge in [-0.15, -0.1) is 0 Å². The fourth-order valence-corrected chi connectivity index (χ4v) is 3.25. The maximum absolute atomic E-state index is 12.5. The maximum Gasteiger partial charge on any atom is 0.306 e. The zero-order chi connectivity index (χ0) is 18.7. The van der Waals surface area contributed by atoms with Crippen LogP contribution in [0.4, 0.5) is 0 Å². The molecule has 0 radical (unpaired) electrons. The zero-order valence-corrected chi connectivity index (χ0v) is 16.5. The van der Waals surface area contributed by atoms with Crippen LogP contribution in [0.15, 0.2) is 29.3 Å². The summed E-state index contributed by atoms with van der Waals surface area (Å²) in [6, 6.07) is 8.84. The van der Waals surface area contributed by atoms with Gasteiger partial charge in [0, 0.05) is 5.54 Å². The molecular weight excluding hydrogens is 312 g/mol. The van der Waals surface area contributed by atoms with Crippen molar-refractivity contribution < 1.29 is 9.53 Å². The van der Waals surface area contributed by atoms with Gasteiger partial charge in [0.25, 0.3) is 5.90 Å². The van der Waals surface area contributed by atoms with Gasteiger partial charge >= 0.3 is 5.91 Å². The molecule has 1 atom stereocenters. The monoisotopic (exact) mass is 344 g/mol. The Kier molecular flexibility index (Phi) is 5.91. The van der Waals surface area contributed by atoms with Gasteiger partial charge in [-0.25, -0.2) is 4.99 Å². The van der Waals surface area contributed by atoms with Gasteiger partial charge in [0.2, 0.25) is 0 Å². The second-order valence-electron chi connectivity index (χ2n) is 8.26. The molecule has 0 aromatic heterocycles. The van der Waals surface area contributed by atoms with Crippen LogP contribution >= 0.6 is 0 Å². The number of carbonyl (C=O) groups is 1. The van der Waals surface area contributed by atoms with E-state index in [1.807, 2.05) is 13.8 Å². The van der Waals surface area contributed by atoms with Crippen molar-refractivity contribution in [3.05, 3.63) is 35.4 Å².